The van der Waals surface area contributed by atoms with Gasteiger partial charge in [0.1, 0.15) is 0 Å². The standard InChI is InChI=1S/C9H16N6O2S/c1-11-8(5-15(16)17)12-2-3-18-6-7-4-13-9(10)14-7/h4-5,11-12H,2-3,6H2,1H3,(H3,10,13,14)/b8-5-. The van der Waals surface area contributed by atoms with E-state index in [2.05, 4.69) is 20.6 Å². The quantitative estimate of drug-likeness (QED) is 0.301. The van der Waals surface area contributed by atoms with E-state index in [4.69, 9.17) is 5.73 Å². The van der Waals surface area contributed by atoms with E-state index in [9.17, 15) is 10.1 Å². The summed E-state index contributed by atoms with van der Waals surface area (Å²) in [5.74, 6) is 2.37. The minimum absolute atomic E-state index is 0.393. The lowest BCUT2D eigenvalue weighted by Crippen LogP contribution is -2.26. The fourth-order valence-electron chi connectivity index (χ4n) is 1.19. The van der Waals surface area contributed by atoms with Gasteiger partial charge >= 0.3 is 0 Å². The Morgan fingerprint density at radius 2 is 2.56 bits per heavy atom. The van der Waals surface area contributed by atoms with Crippen LogP contribution in [0.3, 0.4) is 0 Å². The lowest BCUT2D eigenvalue weighted by Gasteiger charge is -2.06. The van der Waals surface area contributed by atoms with Crippen molar-refractivity contribution < 1.29 is 4.92 Å². The molecule has 0 aliphatic carbocycles. The minimum atomic E-state index is -0.502. The number of aromatic nitrogens is 2. The molecule has 0 aliphatic heterocycles. The number of H-pyrrole nitrogens is 1. The molecule has 0 aromatic carbocycles. The number of nitrogens with zero attached hydrogens (tertiary/aromatic N) is 2. The van der Waals surface area contributed by atoms with Crippen LogP contribution in [0.5, 0.6) is 0 Å². The molecule has 1 aromatic rings. The van der Waals surface area contributed by atoms with Crippen molar-refractivity contribution in [2.45, 2.75) is 5.75 Å². The van der Waals surface area contributed by atoms with E-state index in [1.807, 2.05) is 0 Å². The van der Waals surface area contributed by atoms with Crippen LogP contribution in [-0.2, 0) is 5.75 Å². The van der Waals surface area contributed by atoms with Crippen LogP contribution in [0, 0.1) is 10.1 Å². The molecular formula is C9H16N6O2S. The molecule has 0 saturated heterocycles. The smallest absolute Gasteiger partial charge is 0.274 e. The maximum atomic E-state index is 10.3. The predicted molar refractivity (Wildman–Crippen MR) is 71.3 cm³/mol. The highest BCUT2D eigenvalue weighted by Crippen LogP contribution is 2.09. The Balaban J connectivity index is 2.16. The maximum absolute atomic E-state index is 10.3. The third-order valence-corrected chi connectivity index (χ3v) is 2.96. The van der Waals surface area contributed by atoms with E-state index >= 15 is 0 Å². The fraction of sp³-hybridized carbons (Fsp3) is 0.444. The Morgan fingerprint density at radius 3 is 3.11 bits per heavy atom. The van der Waals surface area contributed by atoms with Gasteiger partial charge < -0.3 is 21.4 Å². The monoisotopic (exact) mass is 272 g/mol. The zero-order valence-corrected chi connectivity index (χ0v) is 10.8. The molecule has 0 bridgehead atoms. The number of nitrogen functional groups attached to an aromatic ring is 1. The number of thioether (sulfide) groups is 1. The molecule has 18 heavy (non-hydrogen) atoms. The molecule has 0 fully saturated rings. The summed E-state index contributed by atoms with van der Waals surface area (Å²) in [5, 5.41) is 15.9. The van der Waals surface area contributed by atoms with Gasteiger partial charge in [-0.25, -0.2) is 4.98 Å². The van der Waals surface area contributed by atoms with Crippen molar-refractivity contribution in [2.75, 3.05) is 25.1 Å². The van der Waals surface area contributed by atoms with Crippen molar-refractivity contribution in [3.8, 4) is 0 Å². The molecule has 1 rings (SSSR count). The Morgan fingerprint density at radius 1 is 1.78 bits per heavy atom. The van der Waals surface area contributed by atoms with Crippen molar-refractivity contribution in [3.05, 3.63) is 34.0 Å². The molecule has 0 radical (unpaired) electrons. The number of rotatable bonds is 8. The molecular weight excluding hydrogens is 256 g/mol. The number of hydrogen-bond donors (Lipinski definition) is 4. The summed E-state index contributed by atoms with van der Waals surface area (Å²) in [6.07, 6.45) is 2.67. The molecule has 0 spiro atoms. The van der Waals surface area contributed by atoms with Crippen molar-refractivity contribution in [1.29, 1.82) is 0 Å². The van der Waals surface area contributed by atoms with Gasteiger partial charge in [0.2, 0.25) is 0 Å². The molecule has 0 saturated carbocycles. The Labute approximate surface area is 109 Å². The molecule has 5 N–H and O–H groups in total. The molecule has 1 aromatic heterocycles. The molecule has 9 heteroatoms. The fourth-order valence-corrected chi connectivity index (χ4v) is 1.94. The number of aromatic amines is 1. The lowest BCUT2D eigenvalue weighted by atomic mass is 10.6. The summed E-state index contributed by atoms with van der Waals surface area (Å²) in [6.45, 7) is 0.630. The highest BCUT2D eigenvalue weighted by molar-refractivity contribution is 7.98. The van der Waals surface area contributed by atoms with E-state index < -0.39 is 4.92 Å². The minimum Gasteiger partial charge on any atom is -0.370 e. The lowest BCUT2D eigenvalue weighted by molar-refractivity contribution is -0.404. The topological polar surface area (TPSA) is 122 Å². The third kappa shape index (κ3) is 5.43. The van der Waals surface area contributed by atoms with E-state index in [1.165, 1.54) is 0 Å². The van der Waals surface area contributed by atoms with Crippen molar-refractivity contribution in [2.24, 2.45) is 0 Å². The first-order valence-electron chi connectivity index (χ1n) is 5.26. The van der Waals surface area contributed by atoms with Crippen LogP contribution < -0.4 is 16.4 Å². The van der Waals surface area contributed by atoms with Crippen molar-refractivity contribution >= 4 is 17.7 Å². The van der Waals surface area contributed by atoms with Gasteiger partial charge in [0, 0.05) is 31.3 Å². The van der Waals surface area contributed by atoms with Gasteiger partial charge in [-0.3, -0.25) is 10.1 Å². The molecule has 0 amide bonds. The van der Waals surface area contributed by atoms with Crippen LogP contribution >= 0.6 is 11.8 Å². The molecule has 0 atom stereocenters. The van der Waals surface area contributed by atoms with Gasteiger partial charge in [-0.2, -0.15) is 11.8 Å². The van der Waals surface area contributed by atoms with Crippen LogP contribution in [0.15, 0.2) is 18.2 Å². The average molecular weight is 272 g/mol. The number of nitro groups is 1. The molecule has 0 unspecified atom stereocenters. The molecule has 1 heterocycles. The number of nitrogens with two attached hydrogens (primary N) is 1. The summed E-state index contributed by atoms with van der Waals surface area (Å²) in [6, 6.07) is 0. The van der Waals surface area contributed by atoms with Crippen LogP contribution in [0.25, 0.3) is 0 Å². The number of imidazole rings is 1. The SMILES string of the molecule is CN/C(=C/[N+](=O)[O-])NCCSCc1c[nH]c(N)n1. The van der Waals surface area contributed by atoms with Gasteiger partial charge in [0.15, 0.2) is 11.8 Å². The Kier molecular flexibility index (Phi) is 5.85. The summed E-state index contributed by atoms with van der Waals surface area (Å²) in [5.41, 5.74) is 6.34. The second kappa shape index (κ2) is 7.43. The Hall–Kier alpha value is -1.90. The summed E-state index contributed by atoms with van der Waals surface area (Å²) in [4.78, 5) is 16.6. The zero-order valence-electron chi connectivity index (χ0n) is 9.97. The summed E-state index contributed by atoms with van der Waals surface area (Å²) >= 11 is 1.67. The second-order valence-corrected chi connectivity index (χ2v) is 4.44. The van der Waals surface area contributed by atoms with Gasteiger partial charge in [-0.15, -0.1) is 0 Å². The average Bonchev–Trinajstić information content (AvgIpc) is 2.72. The first-order valence-corrected chi connectivity index (χ1v) is 6.41. The largest absolute Gasteiger partial charge is 0.370 e. The van der Waals surface area contributed by atoms with E-state index in [-0.39, 0.29) is 0 Å². The Bertz CT molecular complexity index is 419. The number of anilines is 1. The molecule has 100 valence electrons. The van der Waals surface area contributed by atoms with E-state index in [0.29, 0.717) is 18.3 Å². The first kappa shape index (κ1) is 14.2. The first-order chi connectivity index (χ1) is 8.61. The summed E-state index contributed by atoms with van der Waals surface area (Å²) < 4.78 is 0. The maximum Gasteiger partial charge on any atom is 0.274 e. The summed E-state index contributed by atoms with van der Waals surface area (Å²) in [7, 11) is 1.63. The zero-order chi connectivity index (χ0) is 13.4. The third-order valence-electron chi connectivity index (χ3n) is 1.97. The van der Waals surface area contributed by atoms with Crippen molar-refractivity contribution in [3.63, 3.8) is 0 Å². The normalized spacial score (nSPS) is 11.3. The highest BCUT2D eigenvalue weighted by Gasteiger charge is 2.00. The predicted octanol–water partition coefficient (Wildman–Crippen LogP) is 0.110. The molecule has 0 aliphatic rings. The number of nitrogens with one attached hydrogen (secondary N) is 3. The number of hydrogen-bond acceptors (Lipinski definition) is 7. The van der Waals surface area contributed by atoms with Crippen molar-refractivity contribution in [1.82, 2.24) is 20.6 Å². The van der Waals surface area contributed by atoms with E-state index in [0.717, 1.165) is 23.4 Å². The van der Waals surface area contributed by atoms with Gasteiger partial charge in [-0.05, 0) is 0 Å². The van der Waals surface area contributed by atoms with Gasteiger partial charge in [0.25, 0.3) is 6.20 Å². The van der Waals surface area contributed by atoms with Crippen LogP contribution in [0.1, 0.15) is 5.69 Å². The molecule has 8 nitrogen and oxygen atoms in total. The van der Waals surface area contributed by atoms with Crippen LogP contribution in [0.2, 0.25) is 0 Å². The second-order valence-electron chi connectivity index (χ2n) is 3.33. The van der Waals surface area contributed by atoms with Gasteiger partial charge in [-0.1, -0.05) is 0 Å². The van der Waals surface area contributed by atoms with Crippen LogP contribution in [0.4, 0.5) is 5.95 Å². The van der Waals surface area contributed by atoms with Gasteiger partial charge in [0.05, 0.1) is 10.6 Å². The highest BCUT2D eigenvalue weighted by atomic mass is 32.2. The van der Waals surface area contributed by atoms with E-state index in [1.54, 1.807) is 25.0 Å². The van der Waals surface area contributed by atoms with Crippen LogP contribution in [-0.4, -0.2) is 34.2 Å².